The van der Waals surface area contributed by atoms with Gasteiger partial charge in [0.2, 0.25) is 5.91 Å². The van der Waals surface area contributed by atoms with Crippen molar-refractivity contribution in [3.63, 3.8) is 0 Å². The first-order chi connectivity index (χ1) is 11.4. The van der Waals surface area contributed by atoms with Crippen LogP contribution >= 0.6 is 11.3 Å². The third-order valence-electron chi connectivity index (χ3n) is 3.36. The predicted molar refractivity (Wildman–Crippen MR) is 91.9 cm³/mol. The standard InChI is InChI=1S/C17H20N2O4S/c1-10-4-5-13(11(2)8-10)23-7-6-18-14(20)9-15-19-12(3)16(24-15)17(21)22/h4-5,8H,6-7,9H2,1-3H3,(H,18,20)(H,21,22). The predicted octanol–water partition coefficient (Wildman–Crippen LogP) is 2.50. The van der Waals surface area contributed by atoms with Gasteiger partial charge in [0.05, 0.1) is 18.7 Å². The van der Waals surface area contributed by atoms with E-state index < -0.39 is 5.97 Å². The zero-order valence-corrected chi connectivity index (χ0v) is 14.7. The van der Waals surface area contributed by atoms with E-state index in [2.05, 4.69) is 10.3 Å². The molecule has 0 aliphatic carbocycles. The van der Waals surface area contributed by atoms with Crippen LogP contribution in [0.4, 0.5) is 0 Å². The highest BCUT2D eigenvalue weighted by molar-refractivity contribution is 7.13. The second kappa shape index (κ2) is 7.92. The lowest BCUT2D eigenvalue weighted by Crippen LogP contribution is -2.29. The monoisotopic (exact) mass is 348 g/mol. The Kier molecular flexibility index (Phi) is 5.92. The van der Waals surface area contributed by atoms with Crippen LogP contribution in [0.2, 0.25) is 0 Å². The maximum absolute atomic E-state index is 11.9. The summed E-state index contributed by atoms with van der Waals surface area (Å²) in [6, 6.07) is 5.93. The van der Waals surface area contributed by atoms with Crippen molar-refractivity contribution in [2.24, 2.45) is 0 Å². The Hall–Kier alpha value is -2.41. The van der Waals surface area contributed by atoms with Crippen LogP contribution in [0.15, 0.2) is 18.2 Å². The Morgan fingerprint density at radius 3 is 2.67 bits per heavy atom. The molecular formula is C17H20N2O4S. The van der Waals surface area contributed by atoms with Gasteiger partial charge >= 0.3 is 5.97 Å². The fourth-order valence-electron chi connectivity index (χ4n) is 2.24. The Morgan fingerprint density at radius 2 is 2.04 bits per heavy atom. The molecule has 0 saturated carbocycles. The molecule has 6 nitrogen and oxygen atoms in total. The fraction of sp³-hybridized carbons (Fsp3) is 0.353. The van der Waals surface area contributed by atoms with Gasteiger partial charge < -0.3 is 15.2 Å². The van der Waals surface area contributed by atoms with Gasteiger partial charge in [-0.3, -0.25) is 4.79 Å². The van der Waals surface area contributed by atoms with Gasteiger partial charge in [-0.15, -0.1) is 11.3 Å². The van der Waals surface area contributed by atoms with Crippen molar-refractivity contribution in [3.8, 4) is 5.75 Å². The number of rotatable bonds is 7. The van der Waals surface area contributed by atoms with Crippen molar-refractivity contribution in [2.75, 3.05) is 13.2 Å². The highest BCUT2D eigenvalue weighted by Gasteiger charge is 2.15. The summed E-state index contributed by atoms with van der Waals surface area (Å²) >= 11 is 1.03. The van der Waals surface area contributed by atoms with Crippen LogP contribution in [0.25, 0.3) is 0 Å². The van der Waals surface area contributed by atoms with Crippen LogP contribution in [0, 0.1) is 20.8 Å². The summed E-state index contributed by atoms with van der Waals surface area (Å²) in [5.41, 5.74) is 2.67. The van der Waals surface area contributed by atoms with Crippen molar-refractivity contribution in [2.45, 2.75) is 27.2 Å². The van der Waals surface area contributed by atoms with E-state index in [4.69, 9.17) is 9.84 Å². The van der Waals surface area contributed by atoms with Crippen molar-refractivity contribution < 1.29 is 19.4 Å². The van der Waals surface area contributed by atoms with Crippen molar-refractivity contribution >= 4 is 23.2 Å². The number of carbonyl (C=O) groups excluding carboxylic acids is 1. The quantitative estimate of drug-likeness (QED) is 0.751. The van der Waals surface area contributed by atoms with Crippen LogP contribution in [0.3, 0.4) is 0 Å². The van der Waals surface area contributed by atoms with E-state index in [1.165, 1.54) is 5.56 Å². The molecule has 1 aromatic heterocycles. The van der Waals surface area contributed by atoms with E-state index in [9.17, 15) is 9.59 Å². The van der Waals surface area contributed by atoms with E-state index in [0.717, 1.165) is 22.6 Å². The molecule has 0 bridgehead atoms. The molecule has 1 heterocycles. The number of nitrogens with zero attached hydrogens (tertiary/aromatic N) is 1. The Morgan fingerprint density at radius 1 is 1.29 bits per heavy atom. The van der Waals surface area contributed by atoms with Crippen molar-refractivity contribution in [1.82, 2.24) is 10.3 Å². The SMILES string of the molecule is Cc1ccc(OCCNC(=O)Cc2nc(C)c(C(=O)O)s2)c(C)c1. The summed E-state index contributed by atoms with van der Waals surface area (Å²) in [6.45, 7) is 6.37. The molecule has 1 amide bonds. The van der Waals surface area contributed by atoms with Crippen molar-refractivity contribution in [1.29, 1.82) is 0 Å². The number of hydrogen-bond acceptors (Lipinski definition) is 5. The van der Waals surface area contributed by atoms with Crippen LogP contribution in [0.1, 0.15) is 31.5 Å². The zero-order valence-electron chi connectivity index (χ0n) is 13.9. The fourth-order valence-corrected chi connectivity index (χ4v) is 3.14. The highest BCUT2D eigenvalue weighted by Crippen LogP contribution is 2.19. The molecule has 7 heteroatoms. The molecular weight excluding hydrogens is 328 g/mol. The summed E-state index contributed by atoms with van der Waals surface area (Å²) in [4.78, 5) is 27.1. The second-order valence-electron chi connectivity index (χ2n) is 5.47. The molecule has 0 fully saturated rings. The Bertz CT molecular complexity index is 755. The number of nitrogens with one attached hydrogen (secondary N) is 1. The van der Waals surface area contributed by atoms with E-state index in [0.29, 0.717) is 23.9 Å². The summed E-state index contributed by atoms with van der Waals surface area (Å²) in [5, 5.41) is 12.2. The van der Waals surface area contributed by atoms with Gasteiger partial charge in [0.15, 0.2) is 0 Å². The molecule has 0 atom stereocenters. The minimum Gasteiger partial charge on any atom is -0.491 e. The van der Waals surface area contributed by atoms with E-state index in [-0.39, 0.29) is 17.2 Å². The molecule has 0 aliphatic heterocycles. The third kappa shape index (κ3) is 4.79. The number of thiazole rings is 1. The Balaban J connectivity index is 1.77. The molecule has 0 aliphatic rings. The minimum atomic E-state index is -1.02. The lowest BCUT2D eigenvalue weighted by Gasteiger charge is -2.10. The molecule has 2 N–H and O–H groups in total. The largest absolute Gasteiger partial charge is 0.491 e. The molecule has 0 saturated heterocycles. The number of carboxylic acids is 1. The molecule has 128 valence electrons. The average Bonchev–Trinajstić information content (AvgIpc) is 2.86. The van der Waals surface area contributed by atoms with Crippen LogP contribution in [-0.2, 0) is 11.2 Å². The number of benzene rings is 1. The molecule has 0 spiro atoms. The van der Waals surface area contributed by atoms with Gasteiger partial charge in [-0.1, -0.05) is 17.7 Å². The number of hydrogen-bond donors (Lipinski definition) is 2. The first-order valence-corrected chi connectivity index (χ1v) is 8.35. The molecule has 24 heavy (non-hydrogen) atoms. The molecule has 2 rings (SSSR count). The summed E-state index contributed by atoms with van der Waals surface area (Å²) in [7, 11) is 0. The molecule has 1 aromatic carbocycles. The maximum atomic E-state index is 11.9. The number of carbonyl (C=O) groups is 2. The summed E-state index contributed by atoms with van der Waals surface area (Å²) in [6.07, 6.45) is 0.0718. The second-order valence-corrected chi connectivity index (χ2v) is 6.56. The highest BCUT2D eigenvalue weighted by atomic mass is 32.1. The number of ether oxygens (including phenoxy) is 1. The van der Waals surface area contributed by atoms with Crippen LogP contribution < -0.4 is 10.1 Å². The van der Waals surface area contributed by atoms with Crippen molar-refractivity contribution in [3.05, 3.63) is 44.9 Å². The van der Waals surface area contributed by atoms with Gasteiger partial charge in [-0.2, -0.15) is 0 Å². The van der Waals surface area contributed by atoms with E-state index >= 15 is 0 Å². The van der Waals surface area contributed by atoms with E-state index in [1.54, 1.807) is 6.92 Å². The minimum absolute atomic E-state index is 0.0718. The summed E-state index contributed by atoms with van der Waals surface area (Å²) in [5.74, 6) is -0.417. The summed E-state index contributed by atoms with van der Waals surface area (Å²) < 4.78 is 5.64. The van der Waals surface area contributed by atoms with Crippen LogP contribution in [-0.4, -0.2) is 35.1 Å². The molecule has 0 radical (unpaired) electrons. The van der Waals surface area contributed by atoms with Gasteiger partial charge in [0.25, 0.3) is 0 Å². The smallest absolute Gasteiger partial charge is 0.347 e. The normalized spacial score (nSPS) is 10.5. The molecule has 2 aromatic rings. The average molecular weight is 348 g/mol. The van der Waals surface area contributed by atoms with Crippen LogP contribution in [0.5, 0.6) is 5.75 Å². The number of amides is 1. The van der Waals surface area contributed by atoms with E-state index in [1.807, 2.05) is 32.0 Å². The maximum Gasteiger partial charge on any atom is 0.347 e. The lowest BCUT2D eigenvalue weighted by molar-refractivity contribution is -0.120. The lowest BCUT2D eigenvalue weighted by atomic mass is 10.1. The number of aryl methyl sites for hydroxylation is 3. The number of aromatic nitrogens is 1. The van der Waals surface area contributed by atoms with Gasteiger partial charge in [-0.25, -0.2) is 9.78 Å². The zero-order chi connectivity index (χ0) is 17.7. The third-order valence-corrected chi connectivity index (χ3v) is 4.50. The topological polar surface area (TPSA) is 88.5 Å². The first-order valence-electron chi connectivity index (χ1n) is 7.53. The first kappa shape index (κ1) is 17.9. The van der Waals surface area contributed by atoms with Gasteiger partial charge in [0.1, 0.15) is 22.2 Å². The number of carboxylic acid groups (broad SMARTS) is 1. The molecule has 0 unspecified atom stereocenters. The van der Waals surface area contributed by atoms with Gasteiger partial charge in [-0.05, 0) is 32.4 Å². The van der Waals surface area contributed by atoms with Gasteiger partial charge in [0, 0.05) is 0 Å². The Labute approximate surface area is 144 Å². The number of aromatic carboxylic acids is 1.